The normalized spacial score (nSPS) is 17.9. The lowest BCUT2D eigenvalue weighted by Gasteiger charge is -2.34. The largest absolute Gasteiger partial charge is 0.381 e. The number of hydrogen-bond donors (Lipinski definition) is 0. The summed E-state index contributed by atoms with van der Waals surface area (Å²) in [7, 11) is 4.22. The topological polar surface area (TPSA) is 48.4 Å². The van der Waals surface area contributed by atoms with Crippen LogP contribution in [0.25, 0.3) is 11.3 Å². The molecular formula is C32H46N4O2. The number of nitrogens with zero attached hydrogens (tertiary/aromatic N) is 4. The molecule has 2 saturated heterocycles. The average molecular weight is 519 g/mol. The minimum atomic E-state index is 0.407. The summed E-state index contributed by atoms with van der Waals surface area (Å²) in [5.74, 6) is 0. The Morgan fingerprint density at radius 3 is 2.42 bits per heavy atom. The van der Waals surface area contributed by atoms with Gasteiger partial charge >= 0.3 is 0 Å². The molecule has 0 bridgehead atoms. The first-order chi connectivity index (χ1) is 18.5. The van der Waals surface area contributed by atoms with Crippen LogP contribution in [0, 0.1) is 0 Å². The molecule has 0 saturated carbocycles. The highest BCUT2D eigenvalue weighted by atomic mass is 16.5. The fourth-order valence-electron chi connectivity index (χ4n) is 4.67. The first kappa shape index (κ1) is 31.0. The van der Waals surface area contributed by atoms with E-state index < -0.39 is 0 Å². The van der Waals surface area contributed by atoms with E-state index in [2.05, 4.69) is 72.7 Å². The Bertz CT molecular complexity index is 996. The number of likely N-dealkylation sites (N-methyl/N-ethyl adjacent to an activating group) is 1. The molecule has 206 valence electrons. The van der Waals surface area contributed by atoms with E-state index in [1.807, 2.05) is 31.6 Å². The van der Waals surface area contributed by atoms with E-state index in [1.165, 1.54) is 11.8 Å². The third-order valence-electron chi connectivity index (χ3n) is 7.02. The van der Waals surface area contributed by atoms with Crippen molar-refractivity contribution in [3.8, 4) is 0 Å². The second-order valence-electron chi connectivity index (χ2n) is 9.54. The summed E-state index contributed by atoms with van der Waals surface area (Å²) >= 11 is 0. The molecule has 38 heavy (non-hydrogen) atoms. The number of rotatable bonds is 11. The fraction of sp³-hybridized carbons (Fsp3) is 0.438. The third-order valence-corrected chi connectivity index (χ3v) is 7.02. The molecule has 0 aliphatic carbocycles. The number of piperazine rings is 1. The van der Waals surface area contributed by atoms with Crippen molar-refractivity contribution in [2.45, 2.75) is 38.6 Å². The molecule has 0 atom stereocenters. The highest BCUT2D eigenvalue weighted by Crippen LogP contribution is 2.28. The van der Waals surface area contributed by atoms with E-state index in [0.29, 0.717) is 11.7 Å². The lowest BCUT2D eigenvalue weighted by Crippen LogP contribution is -2.43. The van der Waals surface area contributed by atoms with Gasteiger partial charge < -0.3 is 19.4 Å². The number of carbonyl (C=O) groups is 1. The minimum Gasteiger partial charge on any atom is -0.381 e. The standard InChI is InChI=1S/C30H42N4O2.C2H4/c1-5-26(34-19-17-32(3)18-20-34)11-7-6-10-25(2)28-12-8-9-13-29(28)30(14-21-35)31-24-33(4)27-15-22-36-23-16-27;1-2/h5,7-9,11-14,21,24,27H,2,6,10,15-20,22-23H2,1,3-4H3;1-2H2/b11-7-,26-5+,30-14-,31-24?;. The number of ether oxygens (including phenoxy) is 1. The molecule has 2 aliphatic rings. The van der Waals surface area contributed by atoms with Crippen molar-refractivity contribution in [1.82, 2.24) is 14.7 Å². The number of aliphatic imine (C=N–C) groups is 1. The van der Waals surface area contributed by atoms with Gasteiger partial charge in [0.2, 0.25) is 0 Å². The molecular weight excluding hydrogens is 472 g/mol. The van der Waals surface area contributed by atoms with Crippen LogP contribution in [0.3, 0.4) is 0 Å². The minimum absolute atomic E-state index is 0.407. The van der Waals surface area contributed by atoms with Crippen molar-refractivity contribution < 1.29 is 9.53 Å². The SMILES string of the molecule is C=C.C=C(CC/C=C\C(=C/C)N1CCN(C)CC1)c1ccccc1/C(=C/C=O)N=CN(C)C1CCOCC1. The molecule has 2 aliphatic heterocycles. The first-order valence-corrected chi connectivity index (χ1v) is 13.6. The van der Waals surface area contributed by atoms with Gasteiger partial charge in [-0.15, -0.1) is 13.2 Å². The summed E-state index contributed by atoms with van der Waals surface area (Å²) in [4.78, 5) is 23.1. The van der Waals surface area contributed by atoms with Crippen LogP contribution in [0.4, 0.5) is 0 Å². The molecule has 2 heterocycles. The van der Waals surface area contributed by atoms with Crippen LogP contribution in [0.2, 0.25) is 0 Å². The van der Waals surface area contributed by atoms with E-state index in [9.17, 15) is 4.79 Å². The highest BCUT2D eigenvalue weighted by Gasteiger charge is 2.17. The van der Waals surface area contributed by atoms with Gasteiger partial charge in [-0.3, -0.25) is 4.79 Å². The van der Waals surface area contributed by atoms with Gasteiger partial charge in [-0.25, -0.2) is 4.99 Å². The van der Waals surface area contributed by atoms with E-state index in [0.717, 1.165) is 88.1 Å². The van der Waals surface area contributed by atoms with Crippen molar-refractivity contribution >= 4 is 23.9 Å². The molecule has 0 aromatic heterocycles. The van der Waals surface area contributed by atoms with Gasteiger partial charge in [0.15, 0.2) is 0 Å². The molecule has 1 aromatic rings. The lowest BCUT2D eigenvalue weighted by atomic mass is 9.95. The predicted molar refractivity (Wildman–Crippen MR) is 162 cm³/mol. The second-order valence-corrected chi connectivity index (χ2v) is 9.54. The summed E-state index contributed by atoms with van der Waals surface area (Å²) in [6.07, 6.45) is 14.6. The maximum absolute atomic E-state index is 11.4. The first-order valence-electron chi connectivity index (χ1n) is 13.6. The molecule has 0 amide bonds. The van der Waals surface area contributed by atoms with Gasteiger partial charge in [-0.1, -0.05) is 43.0 Å². The van der Waals surface area contributed by atoms with Crippen LogP contribution in [0.1, 0.15) is 43.7 Å². The predicted octanol–water partition coefficient (Wildman–Crippen LogP) is 5.67. The van der Waals surface area contributed by atoms with Crippen LogP contribution in [-0.2, 0) is 9.53 Å². The highest BCUT2D eigenvalue weighted by molar-refractivity contribution is 5.88. The molecule has 0 N–H and O–H groups in total. The zero-order valence-corrected chi connectivity index (χ0v) is 23.6. The van der Waals surface area contributed by atoms with Crippen LogP contribution in [0.15, 0.2) is 79.0 Å². The molecule has 3 rings (SSSR count). The van der Waals surface area contributed by atoms with Crippen LogP contribution in [0.5, 0.6) is 0 Å². The zero-order valence-electron chi connectivity index (χ0n) is 23.6. The molecule has 0 unspecified atom stereocenters. The number of aldehydes is 1. The number of hydrogen-bond acceptors (Lipinski definition) is 5. The summed E-state index contributed by atoms with van der Waals surface area (Å²) in [6.45, 7) is 18.4. The third kappa shape index (κ3) is 9.58. The number of allylic oxidation sites excluding steroid dienone is 5. The molecule has 2 fully saturated rings. The second kappa shape index (κ2) is 17.3. The summed E-state index contributed by atoms with van der Waals surface area (Å²) in [5, 5.41) is 0. The quantitative estimate of drug-likeness (QED) is 0.0944. The van der Waals surface area contributed by atoms with Crippen molar-refractivity contribution in [1.29, 1.82) is 0 Å². The van der Waals surface area contributed by atoms with Crippen molar-refractivity contribution in [3.05, 3.63) is 85.1 Å². The maximum Gasteiger partial charge on any atom is 0.145 e. The zero-order chi connectivity index (χ0) is 27.8. The van der Waals surface area contributed by atoms with Crippen LogP contribution < -0.4 is 0 Å². The van der Waals surface area contributed by atoms with Gasteiger partial charge in [0.25, 0.3) is 0 Å². The Labute approximate surface area is 230 Å². The Kier molecular flexibility index (Phi) is 14.1. The number of benzene rings is 1. The Morgan fingerprint density at radius 1 is 1.13 bits per heavy atom. The maximum atomic E-state index is 11.4. The van der Waals surface area contributed by atoms with E-state index >= 15 is 0 Å². The van der Waals surface area contributed by atoms with Crippen molar-refractivity contribution in [3.63, 3.8) is 0 Å². The van der Waals surface area contributed by atoms with Gasteiger partial charge in [0.05, 0.1) is 12.0 Å². The molecule has 6 nitrogen and oxygen atoms in total. The monoisotopic (exact) mass is 518 g/mol. The van der Waals surface area contributed by atoms with Gasteiger partial charge in [0, 0.05) is 69.8 Å². The molecule has 0 spiro atoms. The van der Waals surface area contributed by atoms with Crippen LogP contribution in [-0.4, -0.2) is 86.9 Å². The van der Waals surface area contributed by atoms with Crippen molar-refractivity contribution in [2.75, 3.05) is 53.5 Å². The lowest BCUT2D eigenvalue weighted by molar-refractivity contribution is -0.104. The van der Waals surface area contributed by atoms with Gasteiger partial charge in [-0.05, 0) is 56.9 Å². The Balaban J connectivity index is 0.00000247. The summed E-state index contributed by atoms with van der Waals surface area (Å²) in [6, 6.07) is 8.49. The van der Waals surface area contributed by atoms with Gasteiger partial charge in [-0.2, -0.15) is 0 Å². The fourth-order valence-corrected chi connectivity index (χ4v) is 4.67. The van der Waals surface area contributed by atoms with E-state index in [4.69, 9.17) is 9.73 Å². The summed E-state index contributed by atoms with van der Waals surface area (Å²) in [5.41, 5.74) is 4.95. The smallest absolute Gasteiger partial charge is 0.145 e. The number of carbonyl (C=O) groups excluding carboxylic acids is 1. The van der Waals surface area contributed by atoms with Crippen molar-refractivity contribution in [2.24, 2.45) is 4.99 Å². The van der Waals surface area contributed by atoms with Gasteiger partial charge in [0.1, 0.15) is 6.29 Å². The average Bonchev–Trinajstić information content (AvgIpc) is 2.97. The van der Waals surface area contributed by atoms with Crippen LogP contribution >= 0.6 is 0 Å². The summed E-state index contributed by atoms with van der Waals surface area (Å²) < 4.78 is 5.47. The molecule has 6 heteroatoms. The Hall–Kier alpha value is -3.22. The van der Waals surface area contributed by atoms with E-state index in [-0.39, 0.29) is 0 Å². The molecule has 0 radical (unpaired) electrons. The molecule has 1 aromatic carbocycles. The van der Waals surface area contributed by atoms with E-state index in [1.54, 1.807) is 0 Å². The Morgan fingerprint density at radius 2 is 1.79 bits per heavy atom.